The fourth-order valence-electron chi connectivity index (χ4n) is 2.23. The molecule has 1 aromatic heterocycles. The molecule has 0 fully saturated rings. The monoisotopic (exact) mass is 430 g/mol. The third-order valence-electron chi connectivity index (χ3n) is 3.81. The number of rotatable bonds is 13. The van der Waals surface area contributed by atoms with Gasteiger partial charge in [0.15, 0.2) is 0 Å². The number of aromatic nitrogens is 2. The summed E-state index contributed by atoms with van der Waals surface area (Å²) < 4.78 is 0. The van der Waals surface area contributed by atoms with Crippen LogP contribution in [0.3, 0.4) is 0 Å². The Morgan fingerprint density at radius 3 is 2.52 bits per heavy atom. The molecule has 3 unspecified atom stereocenters. The molecule has 0 aliphatic heterocycles. The van der Waals surface area contributed by atoms with Gasteiger partial charge in [-0.3, -0.25) is 14.4 Å². The highest BCUT2D eigenvalue weighted by Gasteiger charge is 2.25. The van der Waals surface area contributed by atoms with Crippen molar-refractivity contribution in [1.29, 1.82) is 0 Å². The molecule has 1 rings (SSSR count). The molecule has 0 saturated heterocycles. The van der Waals surface area contributed by atoms with Crippen LogP contribution in [0.4, 0.5) is 0 Å². The highest BCUT2D eigenvalue weighted by molar-refractivity contribution is 7.98. The van der Waals surface area contributed by atoms with Gasteiger partial charge >= 0.3 is 5.97 Å². The van der Waals surface area contributed by atoms with E-state index in [1.54, 1.807) is 6.20 Å². The van der Waals surface area contributed by atoms with Gasteiger partial charge in [-0.1, -0.05) is 0 Å². The molecule has 0 spiro atoms. The normalized spacial score (nSPS) is 13.8. The van der Waals surface area contributed by atoms with E-state index < -0.39 is 55.0 Å². The number of hydrogen-bond donors (Lipinski definition) is 7. The van der Waals surface area contributed by atoms with Gasteiger partial charge in [-0.05, 0) is 18.4 Å². The lowest BCUT2D eigenvalue weighted by atomic mass is 10.1. The Labute approximate surface area is 171 Å². The molecule has 29 heavy (non-hydrogen) atoms. The van der Waals surface area contributed by atoms with Crippen molar-refractivity contribution >= 4 is 35.5 Å². The number of nitrogens with zero attached hydrogens (tertiary/aromatic N) is 1. The second-order valence-electron chi connectivity index (χ2n) is 6.09. The number of H-pyrrole nitrogens is 1. The van der Waals surface area contributed by atoms with Crippen LogP contribution in [0.25, 0.3) is 0 Å². The molecule has 12 nitrogen and oxygen atoms in total. The van der Waals surface area contributed by atoms with Crippen LogP contribution in [0.1, 0.15) is 12.1 Å². The van der Waals surface area contributed by atoms with E-state index in [2.05, 4.69) is 25.9 Å². The number of hydrogen-bond acceptors (Lipinski definition) is 8. The number of aliphatic carboxylic acids is 1. The van der Waals surface area contributed by atoms with Crippen LogP contribution in [0, 0.1) is 0 Å². The maximum absolute atomic E-state index is 12.4. The van der Waals surface area contributed by atoms with Crippen LogP contribution < -0.4 is 21.7 Å². The topological polar surface area (TPSA) is 200 Å². The Morgan fingerprint density at radius 2 is 1.97 bits per heavy atom. The summed E-state index contributed by atoms with van der Waals surface area (Å²) >= 11 is 1.48. The molecule has 1 aromatic rings. The minimum atomic E-state index is -1.47. The summed E-state index contributed by atoms with van der Waals surface area (Å²) in [5.41, 5.74) is 6.54. The number of nitrogens with one attached hydrogen (secondary N) is 4. The maximum Gasteiger partial charge on any atom is 0.328 e. The summed E-state index contributed by atoms with van der Waals surface area (Å²) in [6.07, 6.45) is 5.37. The number of nitrogens with two attached hydrogens (primary N) is 1. The fourth-order valence-corrected chi connectivity index (χ4v) is 2.70. The number of carbonyl (C=O) groups is 4. The summed E-state index contributed by atoms with van der Waals surface area (Å²) in [7, 11) is 0. The van der Waals surface area contributed by atoms with Crippen LogP contribution >= 0.6 is 11.8 Å². The average Bonchev–Trinajstić information content (AvgIpc) is 3.19. The molecule has 3 amide bonds. The lowest BCUT2D eigenvalue weighted by Gasteiger charge is -2.20. The summed E-state index contributed by atoms with van der Waals surface area (Å²) in [5.74, 6) is -2.75. The zero-order valence-electron chi connectivity index (χ0n) is 15.9. The van der Waals surface area contributed by atoms with Crippen molar-refractivity contribution in [3.63, 3.8) is 0 Å². The van der Waals surface area contributed by atoms with Crippen LogP contribution in [0.15, 0.2) is 12.5 Å². The van der Waals surface area contributed by atoms with Crippen molar-refractivity contribution in [2.75, 3.05) is 25.2 Å². The lowest BCUT2D eigenvalue weighted by Crippen LogP contribution is -2.54. The second kappa shape index (κ2) is 12.7. The van der Waals surface area contributed by atoms with E-state index in [9.17, 15) is 19.2 Å². The molecular weight excluding hydrogens is 404 g/mol. The minimum Gasteiger partial charge on any atom is -0.480 e. The molecule has 162 valence electrons. The van der Waals surface area contributed by atoms with Gasteiger partial charge in [0.05, 0.1) is 25.5 Å². The molecule has 0 bridgehead atoms. The van der Waals surface area contributed by atoms with Crippen molar-refractivity contribution in [1.82, 2.24) is 25.9 Å². The van der Waals surface area contributed by atoms with E-state index in [4.69, 9.17) is 15.9 Å². The number of carboxylic acid groups (broad SMARTS) is 1. The summed E-state index contributed by atoms with van der Waals surface area (Å²) in [6, 6.07) is -3.28. The van der Waals surface area contributed by atoms with Crippen molar-refractivity contribution in [3.05, 3.63) is 18.2 Å². The summed E-state index contributed by atoms with van der Waals surface area (Å²) in [5, 5.41) is 24.7. The van der Waals surface area contributed by atoms with Gasteiger partial charge in [0.1, 0.15) is 12.1 Å². The molecule has 0 aliphatic rings. The van der Waals surface area contributed by atoms with Gasteiger partial charge < -0.3 is 36.9 Å². The van der Waals surface area contributed by atoms with Crippen LogP contribution in [-0.2, 0) is 25.6 Å². The van der Waals surface area contributed by atoms with Gasteiger partial charge in [0.25, 0.3) is 0 Å². The number of amides is 3. The van der Waals surface area contributed by atoms with Gasteiger partial charge in [-0.2, -0.15) is 11.8 Å². The van der Waals surface area contributed by atoms with E-state index >= 15 is 0 Å². The van der Waals surface area contributed by atoms with Crippen molar-refractivity contribution < 1.29 is 29.4 Å². The van der Waals surface area contributed by atoms with Crippen LogP contribution in [0.5, 0.6) is 0 Å². The highest BCUT2D eigenvalue weighted by Crippen LogP contribution is 2.03. The van der Waals surface area contributed by atoms with E-state index in [0.29, 0.717) is 17.9 Å². The third kappa shape index (κ3) is 8.93. The SMILES string of the molecule is CSCCC(NC(=O)C(N)Cc1cnc[nH]1)C(=O)NCC(=O)NC(CO)C(=O)O. The Kier molecular flexibility index (Phi) is 10.7. The number of imidazole rings is 1. The Hall–Kier alpha value is -2.64. The highest BCUT2D eigenvalue weighted by atomic mass is 32.2. The number of carboxylic acids is 1. The zero-order chi connectivity index (χ0) is 21.8. The predicted molar refractivity (Wildman–Crippen MR) is 105 cm³/mol. The molecule has 0 saturated carbocycles. The molecule has 8 N–H and O–H groups in total. The fraction of sp³-hybridized carbons (Fsp3) is 0.562. The van der Waals surface area contributed by atoms with Gasteiger partial charge in [0, 0.05) is 18.3 Å². The van der Waals surface area contributed by atoms with Crippen LogP contribution in [-0.4, -0.2) is 87.2 Å². The Morgan fingerprint density at radius 1 is 1.24 bits per heavy atom. The average molecular weight is 430 g/mol. The van der Waals surface area contributed by atoms with E-state index in [1.165, 1.54) is 18.1 Å². The Bertz CT molecular complexity index is 685. The van der Waals surface area contributed by atoms with Gasteiger partial charge in [-0.25, -0.2) is 9.78 Å². The molecule has 1 heterocycles. The molecule has 3 atom stereocenters. The number of aliphatic hydroxyl groups excluding tert-OH is 1. The van der Waals surface area contributed by atoms with Crippen molar-refractivity contribution in [2.45, 2.75) is 31.0 Å². The smallest absolute Gasteiger partial charge is 0.328 e. The summed E-state index contributed by atoms with van der Waals surface area (Å²) in [4.78, 5) is 53.9. The standard InChI is InChI=1S/C16H26N6O6S/c1-29-3-2-11(22-14(25)10(17)4-9-5-18-8-20-9)15(26)19-6-13(24)21-12(7-23)16(27)28/h5,8,10-12,23H,2-4,6-7,17H2,1H3,(H,18,20)(H,19,26)(H,21,24)(H,22,25)(H,27,28). The van der Waals surface area contributed by atoms with E-state index in [-0.39, 0.29) is 6.42 Å². The number of thioether (sulfide) groups is 1. The molecular formula is C16H26N6O6S. The number of aliphatic hydroxyl groups is 1. The van der Waals surface area contributed by atoms with Gasteiger partial charge in [0.2, 0.25) is 17.7 Å². The first-order valence-electron chi connectivity index (χ1n) is 8.71. The molecule has 0 aromatic carbocycles. The second-order valence-corrected chi connectivity index (χ2v) is 7.07. The zero-order valence-corrected chi connectivity index (χ0v) is 16.7. The van der Waals surface area contributed by atoms with Crippen molar-refractivity contribution in [2.24, 2.45) is 5.73 Å². The molecule has 0 radical (unpaired) electrons. The number of carbonyl (C=O) groups excluding carboxylic acids is 3. The number of aromatic amines is 1. The quantitative estimate of drug-likeness (QED) is 0.173. The van der Waals surface area contributed by atoms with Gasteiger partial charge in [-0.15, -0.1) is 0 Å². The first kappa shape index (κ1) is 24.4. The largest absolute Gasteiger partial charge is 0.480 e. The maximum atomic E-state index is 12.4. The lowest BCUT2D eigenvalue weighted by molar-refractivity contribution is -0.142. The van der Waals surface area contributed by atoms with E-state index in [1.807, 2.05) is 6.26 Å². The molecule has 13 heteroatoms. The van der Waals surface area contributed by atoms with Crippen molar-refractivity contribution in [3.8, 4) is 0 Å². The summed E-state index contributed by atoms with van der Waals surface area (Å²) in [6.45, 7) is -1.29. The first-order chi connectivity index (χ1) is 13.8. The third-order valence-corrected chi connectivity index (χ3v) is 4.46. The molecule has 0 aliphatic carbocycles. The minimum absolute atomic E-state index is 0.211. The predicted octanol–water partition coefficient (Wildman–Crippen LogP) is -2.80. The Balaban J connectivity index is 2.59. The van der Waals surface area contributed by atoms with Crippen LogP contribution in [0.2, 0.25) is 0 Å². The first-order valence-corrected chi connectivity index (χ1v) is 10.1. The van der Waals surface area contributed by atoms with E-state index in [0.717, 1.165) is 0 Å².